The first-order valence-corrected chi connectivity index (χ1v) is 3.86. The highest BCUT2D eigenvalue weighted by atomic mass is 35.5. The van der Waals surface area contributed by atoms with Crippen LogP contribution in [-0.2, 0) is 0 Å². The van der Waals surface area contributed by atoms with Gasteiger partial charge in [0.15, 0.2) is 5.69 Å². The molecule has 1 aromatic carbocycles. The first-order chi connectivity index (χ1) is 5.65. The number of hydrogen-bond acceptors (Lipinski definition) is 0. The van der Waals surface area contributed by atoms with Gasteiger partial charge in [-0.15, -0.1) is 0 Å². The molecular formula is C10H8ClN. The maximum absolute atomic E-state index is 6.76. The molecule has 0 aliphatic carbocycles. The molecule has 0 aliphatic rings. The van der Waals surface area contributed by atoms with Crippen LogP contribution in [0.4, 0.5) is 5.69 Å². The van der Waals surface area contributed by atoms with Crippen molar-refractivity contribution in [2.75, 3.05) is 0 Å². The largest absolute Gasteiger partial charge is 0.238 e. The second-order valence-corrected chi connectivity index (χ2v) is 2.96. The molecule has 0 atom stereocenters. The minimum absolute atomic E-state index is 0.560. The zero-order chi connectivity index (χ0) is 9.14. The fraction of sp³-hybridized carbons (Fsp3) is 0.100. The van der Waals surface area contributed by atoms with Crippen LogP contribution in [-0.4, -0.2) is 0 Å². The molecule has 1 rings (SSSR count). The number of allylic oxidation sites excluding steroid dienone is 1. The number of halogens is 1. The molecule has 0 amide bonds. The van der Waals surface area contributed by atoms with Gasteiger partial charge in [-0.2, -0.15) is 0 Å². The quantitative estimate of drug-likeness (QED) is 0.573. The van der Waals surface area contributed by atoms with Gasteiger partial charge in [-0.1, -0.05) is 30.3 Å². The van der Waals surface area contributed by atoms with Crippen molar-refractivity contribution in [1.29, 1.82) is 0 Å². The van der Waals surface area contributed by atoms with Gasteiger partial charge in [0, 0.05) is 5.02 Å². The number of nitrogens with zero attached hydrogens (tertiary/aromatic N) is 1. The molecule has 0 N–H and O–H groups in total. The van der Waals surface area contributed by atoms with E-state index in [4.69, 9.17) is 18.2 Å². The Morgan fingerprint density at radius 1 is 1.58 bits per heavy atom. The van der Waals surface area contributed by atoms with Crippen LogP contribution in [0.15, 0.2) is 24.8 Å². The van der Waals surface area contributed by atoms with E-state index in [1.165, 1.54) is 0 Å². The van der Waals surface area contributed by atoms with E-state index >= 15 is 0 Å². The zero-order valence-electron chi connectivity index (χ0n) is 6.76. The molecule has 0 aliphatic heterocycles. The Labute approximate surface area is 77.1 Å². The fourth-order valence-corrected chi connectivity index (χ4v) is 1.26. The Morgan fingerprint density at radius 2 is 2.25 bits per heavy atom. The van der Waals surface area contributed by atoms with Crippen molar-refractivity contribution in [1.82, 2.24) is 0 Å². The van der Waals surface area contributed by atoms with Gasteiger partial charge in [0.25, 0.3) is 0 Å². The third-order valence-electron chi connectivity index (χ3n) is 1.54. The van der Waals surface area contributed by atoms with E-state index in [9.17, 15) is 0 Å². The predicted molar refractivity (Wildman–Crippen MR) is 52.4 cm³/mol. The minimum Gasteiger partial charge on any atom is -0.238 e. The summed E-state index contributed by atoms with van der Waals surface area (Å²) in [6, 6.07) is 5.21. The van der Waals surface area contributed by atoms with Crippen molar-refractivity contribution in [3.8, 4) is 0 Å². The van der Waals surface area contributed by atoms with Crippen LogP contribution in [0.25, 0.3) is 10.4 Å². The van der Waals surface area contributed by atoms with Crippen molar-refractivity contribution in [3.63, 3.8) is 0 Å². The molecule has 2 heteroatoms. The summed E-state index contributed by atoms with van der Waals surface area (Å²) in [4.78, 5) is 3.27. The summed E-state index contributed by atoms with van der Waals surface area (Å²) in [5.41, 5.74) is 2.38. The standard InChI is InChI=1S/C10H8ClN/c1-7(2)9-5-4-8(12-3)6-10(9)11/h4-6H,1H2,2H3. The summed E-state index contributed by atoms with van der Waals surface area (Å²) in [7, 11) is 0. The van der Waals surface area contributed by atoms with E-state index in [-0.39, 0.29) is 0 Å². The second kappa shape index (κ2) is 3.42. The number of benzene rings is 1. The monoisotopic (exact) mass is 177 g/mol. The van der Waals surface area contributed by atoms with Gasteiger partial charge in [-0.05, 0) is 24.1 Å². The van der Waals surface area contributed by atoms with Gasteiger partial charge in [-0.3, -0.25) is 0 Å². The summed E-state index contributed by atoms with van der Waals surface area (Å²) < 4.78 is 0. The van der Waals surface area contributed by atoms with Crippen LogP contribution in [0.1, 0.15) is 12.5 Å². The first kappa shape index (κ1) is 8.83. The lowest BCUT2D eigenvalue weighted by atomic mass is 10.1. The van der Waals surface area contributed by atoms with Crippen molar-refractivity contribution >= 4 is 22.9 Å². The molecule has 0 fully saturated rings. The third-order valence-corrected chi connectivity index (χ3v) is 1.85. The zero-order valence-corrected chi connectivity index (χ0v) is 7.52. The first-order valence-electron chi connectivity index (χ1n) is 3.48. The van der Waals surface area contributed by atoms with Crippen LogP contribution < -0.4 is 0 Å². The van der Waals surface area contributed by atoms with Crippen LogP contribution in [0.5, 0.6) is 0 Å². The summed E-state index contributed by atoms with van der Waals surface area (Å²) in [5, 5.41) is 0.594. The molecule has 60 valence electrons. The topological polar surface area (TPSA) is 4.36 Å². The van der Waals surface area contributed by atoms with Gasteiger partial charge in [0.05, 0.1) is 6.57 Å². The van der Waals surface area contributed by atoms with Crippen LogP contribution in [0, 0.1) is 6.57 Å². The van der Waals surface area contributed by atoms with Gasteiger partial charge >= 0.3 is 0 Å². The Bertz CT molecular complexity index is 361. The Kier molecular flexibility index (Phi) is 2.52. The molecule has 0 aromatic heterocycles. The molecule has 0 spiro atoms. The van der Waals surface area contributed by atoms with E-state index in [0.717, 1.165) is 11.1 Å². The van der Waals surface area contributed by atoms with E-state index in [0.29, 0.717) is 10.7 Å². The molecule has 0 heterocycles. The fourth-order valence-electron chi connectivity index (χ4n) is 0.920. The van der Waals surface area contributed by atoms with Gasteiger partial charge in [0.1, 0.15) is 0 Å². The highest BCUT2D eigenvalue weighted by Crippen LogP contribution is 2.26. The van der Waals surface area contributed by atoms with E-state index in [2.05, 4.69) is 11.4 Å². The highest BCUT2D eigenvalue weighted by molar-refractivity contribution is 6.32. The molecule has 0 unspecified atom stereocenters. The number of rotatable bonds is 1. The van der Waals surface area contributed by atoms with E-state index in [1.54, 1.807) is 12.1 Å². The van der Waals surface area contributed by atoms with E-state index < -0.39 is 0 Å². The van der Waals surface area contributed by atoms with Gasteiger partial charge < -0.3 is 0 Å². The average molecular weight is 178 g/mol. The summed E-state index contributed by atoms with van der Waals surface area (Å²) in [6.45, 7) is 12.4. The lowest BCUT2D eigenvalue weighted by Crippen LogP contribution is -1.78. The normalized spacial score (nSPS) is 9.08. The molecule has 1 nitrogen and oxygen atoms in total. The second-order valence-electron chi connectivity index (χ2n) is 2.56. The lowest BCUT2D eigenvalue weighted by molar-refractivity contribution is 1.59. The lowest BCUT2D eigenvalue weighted by Gasteiger charge is -2.02. The predicted octanol–water partition coefficient (Wildman–Crippen LogP) is 3.92. The number of hydrogen-bond donors (Lipinski definition) is 0. The Hall–Kier alpha value is -1.26. The molecular weight excluding hydrogens is 170 g/mol. The van der Waals surface area contributed by atoms with Gasteiger partial charge in [-0.25, -0.2) is 4.85 Å². The minimum atomic E-state index is 0.560. The SMILES string of the molecule is [C-]#[N+]c1ccc(C(=C)C)c(Cl)c1. The van der Waals surface area contributed by atoms with Crippen molar-refractivity contribution < 1.29 is 0 Å². The third kappa shape index (κ3) is 1.66. The van der Waals surface area contributed by atoms with Crippen molar-refractivity contribution in [2.45, 2.75) is 6.92 Å². The summed E-state index contributed by atoms with van der Waals surface area (Å²) in [6.07, 6.45) is 0. The Morgan fingerprint density at radius 3 is 2.67 bits per heavy atom. The maximum Gasteiger partial charge on any atom is 0.188 e. The molecule has 0 saturated heterocycles. The molecule has 1 aromatic rings. The molecule has 12 heavy (non-hydrogen) atoms. The molecule has 0 radical (unpaired) electrons. The van der Waals surface area contributed by atoms with Crippen molar-refractivity contribution in [3.05, 3.63) is 46.8 Å². The highest BCUT2D eigenvalue weighted by Gasteiger charge is 2.00. The van der Waals surface area contributed by atoms with E-state index in [1.807, 2.05) is 13.0 Å². The average Bonchev–Trinajstić information content (AvgIpc) is 2.03. The van der Waals surface area contributed by atoms with Crippen molar-refractivity contribution in [2.24, 2.45) is 0 Å². The summed E-state index contributed by atoms with van der Waals surface area (Å²) >= 11 is 5.90. The maximum atomic E-state index is 6.76. The van der Waals surface area contributed by atoms with Crippen LogP contribution in [0.3, 0.4) is 0 Å². The summed E-state index contributed by atoms with van der Waals surface area (Å²) in [5.74, 6) is 0. The van der Waals surface area contributed by atoms with Crippen LogP contribution >= 0.6 is 11.6 Å². The smallest absolute Gasteiger partial charge is 0.188 e. The molecule has 0 saturated carbocycles. The molecule has 0 bridgehead atoms. The van der Waals surface area contributed by atoms with Crippen LogP contribution in [0.2, 0.25) is 5.02 Å². The Balaban J connectivity index is 3.23. The van der Waals surface area contributed by atoms with Gasteiger partial charge in [0.2, 0.25) is 0 Å².